The highest BCUT2D eigenvalue weighted by atomic mass is 32.1. The molecule has 0 saturated carbocycles. The number of nitrogens with zero attached hydrogens (tertiary/aromatic N) is 3. The Kier molecular flexibility index (Phi) is 7.91. The maximum absolute atomic E-state index is 13.8. The molecule has 1 amide bonds. The van der Waals surface area contributed by atoms with E-state index in [1.165, 1.54) is 30.6 Å². The number of amides is 1. The first-order valence-electron chi connectivity index (χ1n) is 12.4. The van der Waals surface area contributed by atoms with Crippen LogP contribution in [-0.4, -0.2) is 35.5 Å². The van der Waals surface area contributed by atoms with E-state index >= 15 is 0 Å². The number of anilines is 2. The number of carbonyl (C=O) groups is 1. The van der Waals surface area contributed by atoms with Gasteiger partial charge in [0.05, 0.1) is 30.6 Å². The average Bonchev–Trinajstić information content (AvgIpc) is 3.35. The van der Waals surface area contributed by atoms with Crippen LogP contribution in [0.3, 0.4) is 0 Å². The molecule has 2 aromatic carbocycles. The van der Waals surface area contributed by atoms with Gasteiger partial charge in [-0.1, -0.05) is 43.8 Å². The van der Waals surface area contributed by atoms with Crippen LogP contribution in [0.2, 0.25) is 0 Å². The molecule has 0 bridgehead atoms. The minimum Gasteiger partial charge on any atom is -0.496 e. The van der Waals surface area contributed by atoms with Crippen LogP contribution in [0.4, 0.5) is 10.8 Å². The number of carbonyl (C=O) groups excluding carboxylic acids is 1. The average molecular weight is 490 g/mol. The molecule has 0 spiro atoms. The molecule has 0 N–H and O–H groups in total. The Labute approximate surface area is 213 Å². The van der Waals surface area contributed by atoms with E-state index in [9.17, 15) is 4.79 Å². The first-order chi connectivity index (χ1) is 16.9. The molecule has 1 unspecified atom stereocenters. The van der Waals surface area contributed by atoms with E-state index in [1.807, 2.05) is 54.8 Å². The van der Waals surface area contributed by atoms with E-state index in [1.54, 1.807) is 12.0 Å². The van der Waals surface area contributed by atoms with Crippen molar-refractivity contribution in [3.05, 3.63) is 76.8 Å². The van der Waals surface area contributed by atoms with Gasteiger partial charge in [-0.25, -0.2) is 4.98 Å². The molecule has 0 radical (unpaired) electrons. The molecule has 3 aromatic rings. The summed E-state index contributed by atoms with van der Waals surface area (Å²) in [5.41, 5.74) is 5.76. The van der Waals surface area contributed by atoms with Crippen LogP contribution < -0.4 is 9.64 Å². The molecule has 4 rings (SSSR count). The van der Waals surface area contributed by atoms with E-state index in [2.05, 4.69) is 25.3 Å². The fraction of sp³-hybridized carbons (Fsp3) is 0.379. The zero-order valence-electron chi connectivity index (χ0n) is 21.2. The zero-order valence-corrected chi connectivity index (χ0v) is 22.0. The quantitative estimate of drug-likeness (QED) is 0.350. The van der Waals surface area contributed by atoms with Crippen LogP contribution in [0.15, 0.2) is 54.4 Å². The lowest BCUT2D eigenvalue weighted by Crippen LogP contribution is -2.35. The molecule has 1 saturated heterocycles. The number of hydrogen-bond donors (Lipinski definition) is 0. The summed E-state index contributed by atoms with van der Waals surface area (Å²) < 4.78 is 5.64. The topological polar surface area (TPSA) is 45.7 Å². The van der Waals surface area contributed by atoms with Crippen molar-refractivity contribution >= 4 is 33.8 Å². The number of methoxy groups -OCH3 is 1. The van der Waals surface area contributed by atoms with Crippen LogP contribution in [0, 0.1) is 6.92 Å². The van der Waals surface area contributed by atoms with Crippen molar-refractivity contribution in [2.24, 2.45) is 0 Å². The molecule has 1 atom stereocenters. The van der Waals surface area contributed by atoms with E-state index in [4.69, 9.17) is 9.72 Å². The Bertz CT molecular complexity index is 1200. The molecular formula is C29H35N3O2S. The van der Waals surface area contributed by atoms with Gasteiger partial charge in [-0.2, -0.15) is 0 Å². The van der Waals surface area contributed by atoms with Crippen LogP contribution in [-0.2, 0) is 17.6 Å². The molecule has 5 nitrogen and oxygen atoms in total. The third-order valence-corrected chi connectivity index (χ3v) is 7.72. The molecule has 35 heavy (non-hydrogen) atoms. The Morgan fingerprint density at radius 2 is 2.03 bits per heavy atom. The molecule has 6 heteroatoms. The van der Waals surface area contributed by atoms with Crippen molar-refractivity contribution in [3.63, 3.8) is 0 Å². The number of aromatic nitrogens is 1. The summed E-state index contributed by atoms with van der Waals surface area (Å²) in [5.74, 6) is 0.755. The third kappa shape index (κ3) is 5.43. The maximum Gasteiger partial charge on any atom is 0.237 e. The van der Waals surface area contributed by atoms with Crippen molar-refractivity contribution in [1.82, 2.24) is 9.88 Å². The third-order valence-electron chi connectivity index (χ3n) is 6.89. The summed E-state index contributed by atoms with van der Waals surface area (Å²) in [5, 5.41) is 2.67. The summed E-state index contributed by atoms with van der Waals surface area (Å²) in [6.07, 6.45) is 4.75. The van der Waals surface area contributed by atoms with Crippen molar-refractivity contribution in [2.45, 2.75) is 58.9 Å². The normalized spacial score (nSPS) is 15.7. The number of rotatable bonds is 8. The SMILES string of the molecule is C=C(c1csc(N(C(=O)Cc2ccccc2C)c2ccc(CC)c(OC)c2)n1)N1CCCCC1C. The molecule has 1 fully saturated rings. The van der Waals surface area contributed by atoms with Gasteiger partial charge >= 0.3 is 0 Å². The molecule has 2 heterocycles. The van der Waals surface area contributed by atoms with Crippen molar-refractivity contribution in [2.75, 3.05) is 18.6 Å². The molecular weight excluding hydrogens is 454 g/mol. The number of likely N-dealkylation sites (tertiary alicyclic amines) is 1. The first-order valence-corrected chi connectivity index (χ1v) is 13.3. The lowest BCUT2D eigenvalue weighted by Gasteiger charge is -2.36. The Balaban J connectivity index is 1.70. The van der Waals surface area contributed by atoms with E-state index in [0.29, 0.717) is 17.6 Å². The van der Waals surface area contributed by atoms with Crippen molar-refractivity contribution in [1.29, 1.82) is 0 Å². The smallest absolute Gasteiger partial charge is 0.237 e. The predicted molar refractivity (Wildman–Crippen MR) is 146 cm³/mol. The largest absolute Gasteiger partial charge is 0.496 e. The number of benzene rings is 2. The van der Waals surface area contributed by atoms with Gasteiger partial charge in [0.1, 0.15) is 5.75 Å². The van der Waals surface area contributed by atoms with E-state index < -0.39 is 0 Å². The summed E-state index contributed by atoms with van der Waals surface area (Å²) >= 11 is 1.48. The summed E-state index contributed by atoms with van der Waals surface area (Å²) in [4.78, 5) is 22.8. The highest BCUT2D eigenvalue weighted by Crippen LogP contribution is 2.36. The summed E-state index contributed by atoms with van der Waals surface area (Å²) in [7, 11) is 1.67. The lowest BCUT2D eigenvalue weighted by molar-refractivity contribution is -0.117. The van der Waals surface area contributed by atoms with Gasteiger partial charge in [0, 0.05) is 24.0 Å². The van der Waals surface area contributed by atoms with Gasteiger partial charge in [0.2, 0.25) is 5.91 Å². The second kappa shape index (κ2) is 11.1. The van der Waals surface area contributed by atoms with Gasteiger partial charge in [0.15, 0.2) is 5.13 Å². The lowest BCUT2D eigenvalue weighted by atomic mass is 10.0. The monoisotopic (exact) mass is 489 g/mol. The Hall–Kier alpha value is -3.12. The second-order valence-electron chi connectivity index (χ2n) is 9.18. The predicted octanol–water partition coefficient (Wildman–Crippen LogP) is 6.78. The van der Waals surface area contributed by atoms with E-state index in [-0.39, 0.29) is 5.91 Å². The van der Waals surface area contributed by atoms with Crippen LogP contribution in [0.25, 0.3) is 5.70 Å². The number of hydrogen-bond acceptors (Lipinski definition) is 5. The number of ether oxygens (including phenoxy) is 1. The van der Waals surface area contributed by atoms with Gasteiger partial charge < -0.3 is 9.64 Å². The van der Waals surface area contributed by atoms with Gasteiger partial charge in [-0.15, -0.1) is 11.3 Å². The number of aryl methyl sites for hydroxylation is 2. The fourth-order valence-electron chi connectivity index (χ4n) is 4.72. The standard InChI is InChI=1S/C29H35N3O2S/c1-6-23-14-15-25(18-27(23)34-5)32(28(33)17-24-13-8-7-11-20(24)2)29-30-26(19-35-29)22(4)31-16-10-9-12-21(31)3/h7-8,11,13-15,18-19,21H,4,6,9-10,12,16-17H2,1-3,5H3. The molecule has 0 aliphatic carbocycles. The van der Waals surface area contributed by atoms with Crippen molar-refractivity contribution in [3.8, 4) is 5.75 Å². The highest BCUT2D eigenvalue weighted by molar-refractivity contribution is 7.14. The Morgan fingerprint density at radius 1 is 1.23 bits per heavy atom. The second-order valence-corrected chi connectivity index (χ2v) is 10.0. The fourth-order valence-corrected chi connectivity index (χ4v) is 5.59. The minimum atomic E-state index is -0.0246. The molecule has 1 aromatic heterocycles. The zero-order chi connectivity index (χ0) is 24.9. The highest BCUT2D eigenvalue weighted by Gasteiger charge is 2.26. The number of thiazole rings is 1. The molecule has 184 valence electrons. The minimum absolute atomic E-state index is 0.0246. The van der Waals surface area contributed by atoms with Crippen molar-refractivity contribution < 1.29 is 9.53 Å². The van der Waals surface area contributed by atoms with Gasteiger partial charge in [-0.05, 0) is 62.3 Å². The van der Waals surface area contributed by atoms with Crippen LogP contribution in [0.1, 0.15) is 55.5 Å². The molecule has 1 aliphatic heterocycles. The van der Waals surface area contributed by atoms with Crippen LogP contribution >= 0.6 is 11.3 Å². The van der Waals surface area contributed by atoms with Gasteiger partial charge in [-0.3, -0.25) is 9.69 Å². The molecule has 1 aliphatic rings. The summed E-state index contributed by atoms with van der Waals surface area (Å²) in [6, 6.07) is 14.4. The maximum atomic E-state index is 13.8. The summed E-state index contributed by atoms with van der Waals surface area (Å²) in [6.45, 7) is 11.7. The van der Waals surface area contributed by atoms with E-state index in [0.717, 1.165) is 52.5 Å². The number of piperidine rings is 1. The Morgan fingerprint density at radius 3 is 2.74 bits per heavy atom. The van der Waals surface area contributed by atoms with Crippen LogP contribution in [0.5, 0.6) is 5.75 Å². The first kappa shape index (κ1) is 25.0. The van der Waals surface area contributed by atoms with Gasteiger partial charge in [0.25, 0.3) is 0 Å².